The SMILES string of the molecule is COC(=O)[C@H](CC(C)C)NC(=O)[C@H](Cc1ccccc1)NC(=O)c1ccccn1. The number of pyridine rings is 1. The molecule has 1 aromatic carbocycles. The zero-order chi connectivity index (χ0) is 21.2. The molecule has 154 valence electrons. The molecule has 7 heteroatoms. The van der Waals surface area contributed by atoms with Crippen LogP contribution in [-0.4, -0.2) is 42.0 Å². The summed E-state index contributed by atoms with van der Waals surface area (Å²) in [4.78, 5) is 41.6. The number of aromatic nitrogens is 1. The fourth-order valence-electron chi connectivity index (χ4n) is 2.89. The standard InChI is InChI=1S/C22H27N3O4/c1-15(2)13-19(22(28)29-3)25-21(27)18(14-16-9-5-4-6-10-16)24-20(26)17-11-7-8-12-23-17/h4-12,15,18-19H,13-14H2,1-3H3,(H,24,26)(H,25,27)/t18-,19-/m0/s1. The average molecular weight is 397 g/mol. The number of carbonyl (C=O) groups excluding carboxylic acids is 3. The third-order valence-corrected chi connectivity index (χ3v) is 4.31. The van der Waals surface area contributed by atoms with Crippen molar-refractivity contribution in [3.63, 3.8) is 0 Å². The summed E-state index contributed by atoms with van der Waals surface area (Å²) in [5, 5.41) is 5.46. The lowest BCUT2D eigenvalue weighted by Crippen LogP contribution is -2.53. The lowest BCUT2D eigenvalue weighted by Gasteiger charge is -2.23. The van der Waals surface area contributed by atoms with Gasteiger partial charge in [-0.3, -0.25) is 14.6 Å². The molecule has 2 aromatic rings. The second-order valence-corrected chi connectivity index (χ2v) is 7.14. The maximum absolute atomic E-state index is 13.0. The number of hydrogen-bond acceptors (Lipinski definition) is 5. The number of ether oxygens (including phenoxy) is 1. The van der Waals surface area contributed by atoms with Crippen molar-refractivity contribution < 1.29 is 19.1 Å². The number of hydrogen-bond donors (Lipinski definition) is 2. The van der Waals surface area contributed by atoms with Crippen LogP contribution in [0, 0.1) is 5.92 Å². The van der Waals surface area contributed by atoms with Crippen LogP contribution in [0.2, 0.25) is 0 Å². The fourth-order valence-corrected chi connectivity index (χ4v) is 2.89. The number of amides is 2. The van der Waals surface area contributed by atoms with Gasteiger partial charge in [-0.2, -0.15) is 0 Å². The van der Waals surface area contributed by atoms with Crippen LogP contribution >= 0.6 is 0 Å². The number of carbonyl (C=O) groups is 3. The van der Waals surface area contributed by atoms with Crippen molar-refractivity contribution in [2.75, 3.05) is 7.11 Å². The Morgan fingerprint density at radius 2 is 1.66 bits per heavy atom. The molecule has 1 aromatic heterocycles. The van der Waals surface area contributed by atoms with E-state index in [-0.39, 0.29) is 18.0 Å². The smallest absolute Gasteiger partial charge is 0.328 e. The van der Waals surface area contributed by atoms with Gasteiger partial charge in [-0.05, 0) is 30.0 Å². The number of nitrogens with one attached hydrogen (secondary N) is 2. The van der Waals surface area contributed by atoms with E-state index in [4.69, 9.17) is 4.74 Å². The molecule has 2 rings (SSSR count). The van der Waals surface area contributed by atoms with Gasteiger partial charge in [0.2, 0.25) is 5.91 Å². The minimum atomic E-state index is -0.869. The van der Waals surface area contributed by atoms with E-state index in [1.165, 1.54) is 13.3 Å². The summed E-state index contributed by atoms with van der Waals surface area (Å²) in [6.07, 6.45) is 2.22. The molecule has 0 aliphatic rings. The lowest BCUT2D eigenvalue weighted by molar-refractivity contribution is -0.145. The molecule has 0 aliphatic carbocycles. The van der Waals surface area contributed by atoms with Crippen LogP contribution in [0.3, 0.4) is 0 Å². The predicted molar refractivity (Wildman–Crippen MR) is 109 cm³/mol. The van der Waals surface area contributed by atoms with E-state index in [0.29, 0.717) is 6.42 Å². The molecule has 2 N–H and O–H groups in total. The number of rotatable bonds is 9. The van der Waals surface area contributed by atoms with E-state index < -0.39 is 29.9 Å². The molecule has 29 heavy (non-hydrogen) atoms. The molecule has 0 saturated carbocycles. The first-order chi connectivity index (χ1) is 13.9. The van der Waals surface area contributed by atoms with Crippen molar-refractivity contribution in [1.29, 1.82) is 0 Å². The summed E-state index contributed by atoms with van der Waals surface area (Å²) in [6.45, 7) is 3.90. The second-order valence-electron chi connectivity index (χ2n) is 7.14. The zero-order valence-corrected chi connectivity index (χ0v) is 16.9. The average Bonchev–Trinajstić information content (AvgIpc) is 2.73. The topological polar surface area (TPSA) is 97.4 Å². The van der Waals surface area contributed by atoms with Crippen LogP contribution in [0.25, 0.3) is 0 Å². The Balaban J connectivity index is 2.19. The minimum absolute atomic E-state index is 0.176. The molecule has 0 bridgehead atoms. The Kier molecular flexibility index (Phi) is 8.33. The van der Waals surface area contributed by atoms with Gasteiger partial charge < -0.3 is 15.4 Å². The van der Waals surface area contributed by atoms with Crippen molar-refractivity contribution in [3.8, 4) is 0 Å². The van der Waals surface area contributed by atoms with Crippen LogP contribution < -0.4 is 10.6 Å². The molecule has 0 spiro atoms. The number of esters is 1. The van der Waals surface area contributed by atoms with E-state index >= 15 is 0 Å². The van der Waals surface area contributed by atoms with E-state index in [1.807, 2.05) is 44.2 Å². The third kappa shape index (κ3) is 7.03. The number of methoxy groups -OCH3 is 1. The summed E-state index contributed by atoms with van der Waals surface area (Å²) in [6, 6.07) is 12.7. The van der Waals surface area contributed by atoms with Crippen LogP contribution in [0.4, 0.5) is 0 Å². The van der Waals surface area contributed by atoms with Crippen molar-refractivity contribution in [3.05, 3.63) is 66.0 Å². The second kappa shape index (κ2) is 10.9. The van der Waals surface area contributed by atoms with Gasteiger partial charge in [0.25, 0.3) is 5.91 Å². The zero-order valence-electron chi connectivity index (χ0n) is 16.9. The molecule has 7 nitrogen and oxygen atoms in total. The summed E-state index contributed by atoms with van der Waals surface area (Å²) < 4.78 is 4.81. The summed E-state index contributed by atoms with van der Waals surface area (Å²) in [5.41, 5.74) is 1.09. The maximum atomic E-state index is 13.0. The van der Waals surface area contributed by atoms with Crippen LogP contribution in [0.15, 0.2) is 54.7 Å². The third-order valence-electron chi connectivity index (χ3n) is 4.31. The minimum Gasteiger partial charge on any atom is -0.467 e. The molecule has 0 radical (unpaired) electrons. The molecule has 0 saturated heterocycles. The Bertz CT molecular complexity index is 809. The Morgan fingerprint density at radius 3 is 2.24 bits per heavy atom. The summed E-state index contributed by atoms with van der Waals surface area (Å²) in [5.74, 6) is -1.24. The highest BCUT2D eigenvalue weighted by Crippen LogP contribution is 2.09. The Labute approximate surface area is 170 Å². The summed E-state index contributed by atoms with van der Waals surface area (Å²) >= 11 is 0. The van der Waals surface area contributed by atoms with E-state index in [2.05, 4.69) is 15.6 Å². The molecule has 0 unspecified atom stereocenters. The van der Waals surface area contributed by atoms with Gasteiger partial charge in [-0.15, -0.1) is 0 Å². The van der Waals surface area contributed by atoms with Crippen molar-refractivity contribution in [2.45, 2.75) is 38.8 Å². The highest BCUT2D eigenvalue weighted by atomic mass is 16.5. The van der Waals surface area contributed by atoms with Crippen LogP contribution in [-0.2, 0) is 20.7 Å². The molecule has 1 heterocycles. The van der Waals surface area contributed by atoms with Crippen LogP contribution in [0.5, 0.6) is 0 Å². The van der Waals surface area contributed by atoms with Gasteiger partial charge in [0, 0.05) is 12.6 Å². The molecule has 0 fully saturated rings. The first kappa shape index (κ1) is 22.1. The largest absolute Gasteiger partial charge is 0.467 e. The molecular formula is C22H27N3O4. The van der Waals surface area contributed by atoms with E-state index in [0.717, 1.165) is 5.56 Å². The van der Waals surface area contributed by atoms with E-state index in [9.17, 15) is 14.4 Å². The molecule has 2 amide bonds. The Hall–Kier alpha value is -3.22. The quantitative estimate of drug-likeness (QED) is 0.632. The first-order valence-corrected chi connectivity index (χ1v) is 9.54. The predicted octanol–water partition coefficient (Wildman–Crippen LogP) is 2.13. The monoisotopic (exact) mass is 397 g/mol. The van der Waals surface area contributed by atoms with Gasteiger partial charge >= 0.3 is 5.97 Å². The highest BCUT2D eigenvalue weighted by Gasteiger charge is 2.28. The van der Waals surface area contributed by atoms with Gasteiger partial charge in [0.05, 0.1) is 7.11 Å². The number of nitrogens with zero attached hydrogens (tertiary/aromatic N) is 1. The van der Waals surface area contributed by atoms with Gasteiger partial charge in [-0.1, -0.05) is 50.2 Å². The van der Waals surface area contributed by atoms with Crippen LogP contribution in [0.1, 0.15) is 36.3 Å². The fraction of sp³-hybridized carbons (Fsp3) is 0.364. The summed E-state index contributed by atoms with van der Waals surface area (Å²) in [7, 11) is 1.28. The number of benzene rings is 1. The van der Waals surface area contributed by atoms with Crippen molar-refractivity contribution >= 4 is 17.8 Å². The lowest BCUT2D eigenvalue weighted by atomic mass is 10.0. The first-order valence-electron chi connectivity index (χ1n) is 9.54. The van der Waals surface area contributed by atoms with Gasteiger partial charge in [0.15, 0.2) is 0 Å². The van der Waals surface area contributed by atoms with Crippen molar-refractivity contribution in [1.82, 2.24) is 15.6 Å². The normalized spacial score (nSPS) is 12.7. The Morgan fingerprint density at radius 1 is 0.966 bits per heavy atom. The maximum Gasteiger partial charge on any atom is 0.328 e. The molecule has 0 aliphatic heterocycles. The molecular weight excluding hydrogens is 370 g/mol. The molecule has 2 atom stereocenters. The highest BCUT2D eigenvalue weighted by molar-refractivity contribution is 5.97. The van der Waals surface area contributed by atoms with E-state index in [1.54, 1.807) is 18.2 Å². The van der Waals surface area contributed by atoms with Crippen molar-refractivity contribution in [2.24, 2.45) is 5.92 Å². The van der Waals surface area contributed by atoms with Gasteiger partial charge in [-0.25, -0.2) is 4.79 Å². The van der Waals surface area contributed by atoms with Gasteiger partial charge in [0.1, 0.15) is 17.8 Å².